The van der Waals surface area contributed by atoms with Gasteiger partial charge in [0.1, 0.15) is 6.10 Å². The first kappa shape index (κ1) is 11.4. The SMILES string of the molecule is C[C@@H](N)c1ccc(OC2CCOCC2)nc1. The molecule has 0 aliphatic carbocycles. The maximum absolute atomic E-state index is 5.76. The van der Waals surface area contributed by atoms with Gasteiger partial charge in [-0.2, -0.15) is 0 Å². The molecule has 2 N–H and O–H groups in total. The number of ether oxygens (including phenoxy) is 2. The number of pyridine rings is 1. The zero-order valence-corrected chi connectivity index (χ0v) is 9.56. The predicted molar refractivity (Wildman–Crippen MR) is 61.3 cm³/mol. The number of nitrogens with two attached hydrogens (primary N) is 1. The van der Waals surface area contributed by atoms with Crippen molar-refractivity contribution in [3.05, 3.63) is 23.9 Å². The number of rotatable bonds is 3. The van der Waals surface area contributed by atoms with Crippen molar-refractivity contribution in [3.63, 3.8) is 0 Å². The van der Waals surface area contributed by atoms with Crippen molar-refractivity contribution >= 4 is 0 Å². The van der Waals surface area contributed by atoms with Gasteiger partial charge < -0.3 is 15.2 Å². The lowest BCUT2D eigenvalue weighted by atomic mass is 10.1. The summed E-state index contributed by atoms with van der Waals surface area (Å²) in [6, 6.07) is 3.87. The van der Waals surface area contributed by atoms with Gasteiger partial charge >= 0.3 is 0 Å². The van der Waals surface area contributed by atoms with Crippen molar-refractivity contribution in [1.29, 1.82) is 0 Å². The third-order valence-corrected chi connectivity index (χ3v) is 2.74. The summed E-state index contributed by atoms with van der Waals surface area (Å²) in [6.45, 7) is 3.50. The maximum atomic E-state index is 5.76. The van der Waals surface area contributed by atoms with Crippen LogP contribution in [0, 0.1) is 0 Å². The topological polar surface area (TPSA) is 57.4 Å². The molecule has 0 bridgehead atoms. The molecule has 1 aromatic rings. The van der Waals surface area contributed by atoms with Gasteiger partial charge in [-0.25, -0.2) is 4.98 Å². The van der Waals surface area contributed by atoms with Gasteiger partial charge in [0.05, 0.1) is 13.2 Å². The van der Waals surface area contributed by atoms with Crippen molar-refractivity contribution < 1.29 is 9.47 Å². The molecular formula is C12H18N2O2. The molecule has 16 heavy (non-hydrogen) atoms. The molecule has 2 heterocycles. The van der Waals surface area contributed by atoms with E-state index in [1.807, 2.05) is 19.1 Å². The summed E-state index contributed by atoms with van der Waals surface area (Å²) in [7, 11) is 0. The van der Waals surface area contributed by atoms with E-state index in [1.165, 1.54) is 0 Å². The molecule has 2 rings (SSSR count). The summed E-state index contributed by atoms with van der Waals surface area (Å²) in [4.78, 5) is 4.25. The van der Waals surface area contributed by atoms with Crippen LogP contribution in [0.4, 0.5) is 0 Å². The molecule has 0 saturated carbocycles. The van der Waals surface area contributed by atoms with Crippen LogP contribution in [0.1, 0.15) is 31.4 Å². The monoisotopic (exact) mass is 222 g/mol. The number of nitrogens with zero attached hydrogens (tertiary/aromatic N) is 1. The summed E-state index contributed by atoms with van der Waals surface area (Å²) >= 11 is 0. The molecule has 4 nitrogen and oxygen atoms in total. The van der Waals surface area contributed by atoms with E-state index in [1.54, 1.807) is 6.20 Å². The Labute approximate surface area is 95.8 Å². The second kappa shape index (κ2) is 5.27. The average molecular weight is 222 g/mol. The van der Waals surface area contributed by atoms with Crippen LogP contribution in [-0.4, -0.2) is 24.3 Å². The Hall–Kier alpha value is -1.13. The van der Waals surface area contributed by atoms with Crippen LogP contribution in [0.2, 0.25) is 0 Å². The second-order valence-electron chi connectivity index (χ2n) is 4.15. The summed E-state index contributed by atoms with van der Waals surface area (Å²) < 4.78 is 11.0. The van der Waals surface area contributed by atoms with E-state index in [0.717, 1.165) is 31.6 Å². The molecule has 4 heteroatoms. The number of hydrogen-bond acceptors (Lipinski definition) is 4. The number of aromatic nitrogens is 1. The molecule has 1 aromatic heterocycles. The van der Waals surface area contributed by atoms with Gasteiger partial charge in [0.2, 0.25) is 5.88 Å². The lowest BCUT2D eigenvalue weighted by Gasteiger charge is -2.22. The van der Waals surface area contributed by atoms with Crippen molar-refractivity contribution in [1.82, 2.24) is 4.98 Å². The largest absolute Gasteiger partial charge is 0.474 e. The van der Waals surface area contributed by atoms with Gasteiger partial charge in [-0.1, -0.05) is 6.07 Å². The van der Waals surface area contributed by atoms with Crippen molar-refractivity contribution in [2.75, 3.05) is 13.2 Å². The standard InChI is InChI=1S/C12H18N2O2/c1-9(13)10-2-3-12(14-8-10)16-11-4-6-15-7-5-11/h2-3,8-9,11H,4-7,13H2,1H3/t9-/m1/s1. The molecular weight excluding hydrogens is 204 g/mol. The lowest BCUT2D eigenvalue weighted by Crippen LogP contribution is -2.26. The molecule has 1 aliphatic heterocycles. The van der Waals surface area contributed by atoms with Gasteiger partial charge in [-0.3, -0.25) is 0 Å². The van der Waals surface area contributed by atoms with Crippen LogP contribution < -0.4 is 10.5 Å². The Morgan fingerprint density at radius 2 is 2.19 bits per heavy atom. The Bertz CT molecular complexity index is 318. The molecule has 0 amide bonds. The molecule has 88 valence electrons. The Kier molecular flexibility index (Phi) is 3.74. The van der Waals surface area contributed by atoms with Crippen molar-refractivity contribution in [3.8, 4) is 5.88 Å². The number of hydrogen-bond donors (Lipinski definition) is 1. The van der Waals surface area contributed by atoms with Gasteiger partial charge in [0.15, 0.2) is 0 Å². The highest BCUT2D eigenvalue weighted by molar-refractivity contribution is 5.20. The van der Waals surface area contributed by atoms with Crippen LogP contribution in [0.15, 0.2) is 18.3 Å². The van der Waals surface area contributed by atoms with E-state index in [2.05, 4.69) is 4.98 Å². The molecule has 0 aromatic carbocycles. The van der Waals surface area contributed by atoms with E-state index in [4.69, 9.17) is 15.2 Å². The van der Waals surface area contributed by atoms with E-state index >= 15 is 0 Å². The van der Waals surface area contributed by atoms with Crippen LogP contribution in [0.3, 0.4) is 0 Å². The first-order chi connectivity index (χ1) is 7.75. The first-order valence-corrected chi connectivity index (χ1v) is 5.71. The average Bonchev–Trinajstić information content (AvgIpc) is 2.31. The molecule has 0 spiro atoms. The van der Waals surface area contributed by atoms with E-state index in [9.17, 15) is 0 Å². The van der Waals surface area contributed by atoms with E-state index in [0.29, 0.717) is 5.88 Å². The molecule has 1 fully saturated rings. The summed E-state index contributed by atoms with van der Waals surface area (Å²) in [5, 5.41) is 0. The summed E-state index contributed by atoms with van der Waals surface area (Å²) in [5.74, 6) is 0.677. The second-order valence-corrected chi connectivity index (χ2v) is 4.15. The quantitative estimate of drug-likeness (QED) is 0.845. The van der Waals surface area contributed by atoms with Gasteiger partial charge in [-0.05, 0) is 12.5 Å². The van der Waals surface area contributed by atoms with Crippen molar-refractivity contribution in [2.24, 2.45) is 5.73 Å². The zero-order chi connectivity index (χ0) is 11.4. The third kappa shape index (κ3) is 2.93. The smallest absolute Gasteiger partial charge is 0.213 e. The minimum Gasteiger partial charge on any atom is -0.474 e. The van der Waals surface area contributed by atoms with Gasteiger partial charge in [0.25, 0.3) is 0 Å². The molecule has 0 radical (unpaired) electrons. The summed E-state index contributed by atoms with van der Waals surface area (Å²) in [5.41, 5.74) is 6.78. The highest BCUT2D eigenvalue weighted by Crippen LogP contribution is 2.17. The molecule has 1 aliphatic rings. The molecule has 1 atom stereocenters. The lowest BCUT2D eigenvalue weighted by molar-refractivity contribution is 0.0237. The van der Waals surface area contributed by atoms with Gasteiger partial charge in [0, 0.05) is 31.1 Å². The van der Waals surface area contributed by atoms with E-state index < -0.39 is 0 Å². The fraction of sp³-hybridized carbons (Fsp3) is 0.583. The normalized spacial score (nSPS) is 19.4. The van der Waals surface area contributed by atoms with Crippen molar-refractivity contribution in [2.45, 2.75) is 31.9 Å². The van der Waals surface area contributed by atoms with Crippen LogP contribution in [-0.2, 0) is 4.74 Å². The zero-order valence-electron chi connectivity index (χ0n) is 9.56. The minimum absolute atomic E-state index is 0.0182. The van der Waals surface area contributed by atoms with Crippen LogP contribution >= 0.6 is 0 Å². The predicted octanol–water partition coefficient (Wildman–Crippen LogP) is 1.66. The fourth-order valence-electron chi connectivity index (χ4n) is 1.70. The fourth-order valence-corrected chi connectivity index (χ4v) is 1.70. The minimum atomic E-state index is 0.0182. The van der Waals surface area contributed by atoms with Gasteiger partial charge in [-0.15, -0.1) is 0 Å². The highest BCUT2D eigenvalue weighted by Gasteiger charge is 2.15. The first-order valence-electron chi connectivity index (χ1n) is 5.71. The molecule has 1 saturated heterocycles. The summed E-state index contributed by atoms with van der Waals surface area (Å²) in [6.07, 6.45) is 3.90. The Morgan fingerprint density at radius 3 is 2.75 bits per heavy atom. The van der Waals surface area contributed by atoms with Crippen LogP contribution in [0.5, 0.6) is 5.88 Å². The van der Waals surface area contributed by atoms with E-state index in [-0.39, 0.29) is 12.1 Å². The molecule has 0 unspecified atom stereocenters. The Balaban J connectivity index is 1.93. The maximum Gasteiger partial charge on any atom is 0.213 e. The highest BCUT2D eigenvalue weighted by atomic mass is 16.5. The van der Waals surface area contributed by atoms with Crippen LogP contribution in [0.25, 0.3) is 0 Å². The Morgan fingerprint density at radius 1 is 1.44 bits per heavy atom. The third-order valence-electron chi connectivity index (χ3n) is 2.74.